The van der Waals surface area contributed by atoms with Crippen molar-refractivity contribution in [1.29, 1.82) is 0 Å². The minimum atomic E-state index is 0. The van der Waals surface area contributed by atoms with Gasteiger partial charge in [0.25, 0.3) is 0 Å². The monoisotopic (exact) mass is 3010 g/mol. The molecule has 22 atom stereocenters. The summed E-state index contributed by atoms with van der Waals surface area (Å²) in [5, 5.41) is 0. The Hall–Kier alpha value is 30.9. The maximum Gasteiger partial charge on any atom is 0 e. The molecule has 0 saturated heterocycles. The summed E-state index contributed by atoms with van der Waals surface area (Å²) >= 11 is 0. The van der Waals surface area contributed by atoms with Crippen molar-refractivity contribution in [3.05, 3.63) is 0 Å². The Morgan fingerprint density at radius 3 is 0.0822 bits per heavy atom. The fourth-order valence-electron chi connectivity index (χ4n) is 0. The number of hydrogen-bond donors (Lipinski definition) is 0. The van der Waals surface area contributed by atoms with Gasteiger partial charge in [-0.25, -0.2) is 0 Å². The van der Waals surface area contributed by atoms with Gasteiger partial charge in [-0.2, -0.15) is 380 Å². The van der Waals surface area contributed by atoms with E-state index in [-0.39, 0.29) is 1090 Å². The average Bonchev–Trinajstić information content (AvgIpc) is 0. The molecule has 0 amide bonds. The van der Waals surface area contributed by atoms with E-state index in [4.69, 9.17) is 0 Å². The first-order valence-electron chi connectivity index (χ1n) is 0. The van der Waals surface area contributed by atoms with Gasteiger partial charge in [-0.3, -0.25) is 0 Å². The largest absolute Gasteiger partial charge is 0.197 e. The van der Waals surface area contributed by atoms with Gasteiger partial charge in [-0.05, 0) is 0 Å². The van der Waals surface area contributed by atoms with Crippen molar-refractivity contribution in [1.82, 2.24) is 0 Å². The fourth-order valence-corrected chi connectivity index (χ4v) is 0. The predicted octanol–water partition coefficient (Wildman–Crippen LogP) is 23.0. The van der Waals surface area contributed by atoms with Gasteiger partial charge in [0.1, 0.15) is 0 Å². The molecule has 0 heterocycles. The third-order valence-corrected chi connectivity index (χ3v) is 0. The van der Waals surface area contributed by atoms with Gasteiger partial charge < -0.3 is 0 Å². The van der Waals surface area contributed by atoms with Crippen LogP contribution in [0.15, 0.2) is 0 Å². The molecule has 17 radical (unpaired) electrons. The van der Waals surface area contributed by atoms with Crippen LogP contribution in [0.25, 0.3) is 0 Å². The molecule has 0 spiro atoms. The number of hydrogen-bond acceptors (Lipinski definition) is 0. The SMILES string of the molecule is C.C.C.C.C.C.C.C.C.C.C.C.C.C.C.C.C.C.C.C.C.C.P.P.P.P.P.P.P.P.P.P.P.P.P.P.P.P.P.P.P.P.P.P.S.S.S.S.S.S.S.S.S.S.S.S.[3HH].[3HH].[3HH].[3HH].[3HH].[3HH].[3HH].[3HH].[3HH].[3HH].[3HH].[3HH].[3HH].[3HH].[3HH].[3HH].[3HH].[3HH].[3HH].[3HH].[3HH].[3HH].[3HH].[3HH].[3HH].[3HH].[V].[V].[V].[Y].[Y].[Y].[Y].[Y].[Y].[Y].[Y].[Y].[Y].[Y].[Y].[Y].[Y]. The molecule has 0 N–H and O–H groups in total. The van der Waals surface area contributed by atoms with Crippen molar-refractivity contribution in [3.8, 4) is 0 Å². The van der Waals surface area contributed by atoms with Crippen molar-refractivity contribution in [3.63, 3.8) is 0 Å². The van der Waals surface area contributed by atoms with E-state index in [0.29, 0.717) is 0 Å². The summed E-state index contributed by atoms with van der Waals surface area (Å²) in [4.78, 5) is 0. The molecular weight excluding hydrogens is 2730 g/mol. The molecule has 0 saturated carbocycles. The Balaban J connectivity index is 0. The van der Waals surface area contributed by atoms with Gasteiger partial charge in [0.2, 0.25) is 0 Å². The molecule has 0 aromatic rings. The van der Waals surface area contributed by atoms with E-state index in [9.17, 15) is 0 Å². The molecule has 0 aromatic carbocycles. The Kier molecular flexibility index (Phi) is 17700. The van der Waals surface area contributed by atoms with Crippen LogP contribution in [0.4, 0.5) is 0 Å². The fraction of sp³-hybridized carbons (Fsp3) is 1.00. The maximum absolute atomic E-state index is 0. The molecule has 0 aliphatic rings. The standard InChI is InChI=1S/22CH4.22H3P.12H2S.3V.14Y.26H2/h22*1H4;22*1H3;12*1H2;;;;;;;;;;;;;;;;;;26*1H/i;;;;;;;;;;;;;;;;;;;;;;;;;;;;;;;;;;;;;;;;;;;;;;;;;;;;;;;;;;;;;;;;;;;;;;;;;26*1+2. The molecule has 0 fully saturated rings. The van der Waals surface area contributed by atoms with E-state index in [1.165, 1.54) is 0 Å². The summed E-state index contributed by atoms with van der Waals surface area (Å²) in [5.74, 6) is 0. The van der Waals surface area contributed by atoms with Gasteiger partial charge in [0.15, 0.2) is 0 Å². The van der Waals surface area contributed by atoms with Crippen LogP contribution in [-0.2, 0) is 514 Å². The summed E-state index contributed by atoms with van der Waals surface area (Å²) in [6.07, 6.45) is 0. The van der Waals surface area contributed by atoms with Crippen LogP contribution >= 0.6 is 380 Å². The van der Waals surface area contributed by atoms with Crippen molar-refractivity contribution in [2.75, 3.05) is 0 Å². The van der Waals surface area contributed by atoms with E-state index in [2.05, 4.69) is 0 Å². The third-order valence-electron chi connectivity index (χ3n) is 0. The zero-order valence-corrected chi connectivity index (χ0v) is 118. The van der Waals surface area contributed by atoms with Crippen LogP contribution in [0, 0.1) is 0 Å². The molecule has 51 heteroatoms. The van der Waals surface area contributed by atoms with Crippen LogP contribution in [0.1, 0.15) is 200 Å². The van der Waals surface area contributed by atoms with Gasteiger partial charge >= 0.3 is 0 Å². The van der Waals surface area contributed by atoms with Gasteiger partial charge in [0, 0.05) is 551 Å². The quantitative estimate of drug-likeness (QED) is 0.212. The molecular formula is C22H230P22S12V3Y14. The predicted molar refractivity (Wildman–Crippen MR) is 572 cm³/mol. The minimum Gasteiger partial charge on any atom is -0.197 e. The van der Waals surface area contributed by atoms with Crippen molar-refractivity contribution < 1.29 is 551 Å². The van der Waals surface area contributed by atoms with E-state index in [1.54, 1.807) is 0 Å². The van der Waals surface area contributed by atoms with E-state index < -0.39 is 0 Å². The molecule has 0 nitrogen and oxygen atoms in total. The Labute approximate surface area is 1070 Å². The van der Waals surface area contributed by atoms with E-state index >= 15 is 0 Å². The second kappa shape index (κ2) is 1120. The zero-order chi connectivity index (χ0) is 0. The summed E-state index contributed by atoms with van der Waals surface area (Å²) in [6.45, 7) is 0. The first-order valence-corrected chi connectivity index (χ1v) is 0. The van der Waals surface area contributed by atoms with Crippen LogP contribution in [0.2, 0.25) is 0 Å². The average molecular weight is 3010 g/mol. The topological polar surface area (TPSA) is 0 Å². The molecule has 73 heavy (non-hydrogen) atoms. The van der Waals surface area contributed by atoms with Crippen LogP contribution < -0.4 is 0 Å². The summed E-state index contributed by atoms with van der Waals surface area (Å²) in [6, 6.07) is 0. The smallest absolute Gasteiger partial charge is 0 e. The molecule has 0 bridgehead atoms. The molecule has 0 aliphatic carbocycles. The minimum absolute atomic E-state index is 0. The molecule has 557 valence electrons. The molecule has 0 aromatic heterocycles. The molecule has 22 unspecified atom stereocenters. The van der Waals surface area contributed by atoms with Crippen molar-refractivity contribution in [2.24, 2.45) is 0 Å². The van der Waals surface area contributed by atoms with E-state index in [1.807, 2.05) is 0 Å². The van der Waals surface area contributed by atoms with Crippen molar-refractivity contribution >= 4 is 380 Å². The first kappa shape index (κ1) is 1150. The Morgan fingerprint density at radius 1 is 0.0822 bits per heavy atom. The van der Waals surface area contributed by atoms with Crippen molar-refractivity contribution in [2.45, 2.75) is 163 Å². The van der Waals surface area contributed by atoms with Crippen LogP contribution in [0.3, 0.4) is 0 Å². The maximum atomic E-state index is 0. The summed E-state index contributed by atoms with van der Waals surface area (Å²) < 4.78 is 0. The van der Waals surface area contributed by atoms with Gasteiger partial charge in [0.05, 0.1) is 0 Å². The number of rotatable bonds is 0. The summed E-state index contributed by atoms with van der Waals surface area (Å²) in [5.41, 5.74) is 0. The molecule has 0 aliphatic heterocycles. The second-order valence-electron chi connectivity index (χ2n) is 0. The Morgan fingerprint density at radius 2 is 0.0822 bits per heavy atom. The van der Waals surface area contributed by atoms with Crippen LogP contribution in [0.5, 0.6) is 0 Å². The summed E-state index contributed by atoms with van der Waals surface area (Å²) in [7, 11) is 0. The third kappa shape index (κ3) is 1100. The zero-order valence-electron chi connectivity index (χ0n) is 31.0. The second-order valence-corrected chi connectivity index (χ2v) is 0. The van der Waals surface area contributed by atoms with Crippen LogP contribution in [-0.4, -0.2) is 0 Å². The van der Waals surface area contributed by atoms with E-state index in [0.717, 1.165) is 0 Å². The van der Waals surface area contributed by atoms with Gasteiger partial charge in [-0.1, -0.05) is 163 Å². The first-order chi connectivity index (χ1) is 0. The van der Waals surface area contributed by atoms with Gasteiger partial charge in [-0.15, -0.1) is 0 Å². The Bertz CT molecular complexity index is 237. The normalized spacial score (nSPS) is 0. The molecule has 0 rings (SSSR count).